The highest BCUT2D eigenvalue weighted by Gasteiger charge is 2.31. The largest absolute Gasteiger partial charge is 0.479 e. The van der Waals surface area contributed by atoms with E-state index in [9.17, 15) is 9.59 Å². The summed E-state index contributed by atoms with van der Waals surface area (Å²) in [5.41, 5.74) is 3.02. The van der Waals surface area contributed by atoms with Gasteiger partial charge >= 0.3 is 0 Å². The molecule has 2 aliphatic heterocycles. The number of carbonyl (C=O) groups is 2. The van der Waals surface area contributed by atoms with E-state index in [4.69, 9.17) is 9.47 Å². The van der Waals surface area contributed by atoms with Crippen molar-refractivity contribution in [2.24, 2.45) is 0 Å². The van der Waals surface area contributed by atoms with Crippen LogP contribution >= 0.6 is 0 Å². The fraction of sp³-hybridized carbons (Fsp3) is 0.440. The number of morpholine rings is 1. The van der Waals surface area contributed by atoms with Crippen LogP contribution in [0.2, 0.25) is 0 Å². The van der Waals surface area contributed by atoms with Crippen molar-refractivity contribution in [1.29, 1.82) is 0 Å². The van der Waals surface area contributed by atoms with Gasteiger partial charge in [-0.3, -0.25) is 14.5 Å². The van der Waals surface area contributed by atoms with Crippen LogP contribution < -0.4 is 15.0 Å². The molecule has 7 heteroatoms. The average molecular weight is 438 g/mol. The van der Waals surface area contributed by atoms with Gasteiger partial charge in [-0.15, -0.1) is 0 Å². The molecule has 2 amide bonds. The van der Waals surface area contributed by atoms with Crippen molar-refractivity contribution in [3.05, 3.63) is 59.7 Å². The van der Waals surface area contributed by atoms with Crippen LogP contribution in [0.1, 0.15) is 31.4 Å². The van der Waals surface area contributed by atoms with E-state index < -0.39 is 6.10 Å². The van der Waals surface area contributed by atoms with Gasteiger partial charge in [0.1, 0.15) is 5.75 Å². The predicted octanol–water partition coefficient (Wildman–Crippen LogP) is 2.73. The molecule has 0 saturated carbocycles. The Kier molecular flexibility index (Phi) is 7.07. The van der Waals surface area contributed by atoms with Gasteiger partial charge in [-0.2, -0.15) is 0 Å². The van der Waals surface area contributed by atoms with E-state index in [1.807, 2.05) is 36.4 Å². The fourth-order valence-corrected chi connectivity index (χ4v) is 4.22. The lowest BCUT2D eigenvalue weighted by atomic mass is 10.1. The van der Waals surface area contributed by atoms with Crippen LogP contribution in [-0.4, -0.2) is 55.2 Å². The maximum Gasteiger partial charge on any atom is 0.267 e. The van der Waals surface area contributed by atoms with Gasteiger partial charge in [0.2, 0.25) is 5.91 Å². The minimum atomic E-state index is -0.551. The van der Waals surface area contributed by atoms with E-state index in [0.29, 0.717) is 24.5 Å². The molecule has 0 unspecified atom stereocenters. The van der Waals surface area contributed by atoms with Crippen LogP contribution in [0.25, 0.3) is 0 Å². The zero-order valence-corrected chi connectivity index (χ0v) is 18.8. The second-order valence-electron chi connectivity index (χ2n) is 8.48. The first-order valence-electron chi connectivity index (χ1n) is 11.2. The summed E-state index contributed by atoms with van der Waals surface area (Å²) in [6.45, 7) is 8.15. The fourth-order valence-electron chi connectivity index (χ4n) is 4.22. The van der Waals surface area contributed by atoms with Gasteiger partial charge in [0.25, 0.3) is 5.91 Å². The Labute approximate surface area is 189 Å². The maximum absolute atomic E-state index is 12.6. The Morgan fingerprint density at radius 3 is 2.78 bits per heavy atom. The summed E-state index contributed by atoms with van der Waals surface area (Å²) in [4.78, 5) is 29.1. The molecule has 1 saturated heterocycles. The number of anilines is 1. The molecule has 2 atom stereocenters. The van der Waals surface area contributed by atoms with Gasteiger partial charge in [-0.05, 0) is 37.1 Å². The van der Waals surface area contributed by atoms with Crippen molar-refractivity contribution in [2.75, 3.05) is 31.1 Å². The molecule has 32 heavy (non-hydrogen) atoms. The number of carbonyl (C=O) groups excluding carboxylic acids is 2. The smallest absolute Gasteiger partial charge is 0.267 e. The highest BCUT2D eigenvalue weighted by atomic mass is 16.5. The highest BCUT2D eigenvalue weighted by Crippen LogP contribution is 2.33. The van der Waals surface area contributed by atoms with E-state index in [-0.39, 0.29) is 24.3 Å². The summed E-state index contributed by atoms with van der Waals surface area (Å²) < 4.78 is 11.3. The monoisotopic (exact) mass is 437 g/mol. The van der Waals surface area contributed by atoms with Crippen LogP contribution in [0.4, 0.5) is 5.69 Å². The van der Waals surface area contributed by atoms with Gasteiger partial charge in [-0.25, -0.2) is 0 Å². The molecule has 0 aliphatic carbocycles. The summed E-state index contributed by atoms with van der Waals surface area (Å²) in [6, 6.07) is 15.7. The lowest BCUT2D eigenvalue weighted by Crippen LogP contribution is -2.45. The first kappa shape index (κ1) is 22.3. The van der Waals surface area contributed by atoms with Crippen molar-refractivity contribution in [1.82, 2.24) is 10.2 Å². The molecule has 7 nitrogen and oxygen atoms in total. The second-order valence-corrected chi connectivity index (χ2v) is 8.48. The molecule has 2 aromatic carbocycles. The minimum Gasteiger partial charge on any atom is -0.479 e. The zero-order chi connectivity index (χ0) is 22.5. The molecular formula is C25H31N3O4. The molecule has 2 aromatic rings. The van der Waals surface area contributed by atoms with Crippen LogP contribution in [0.5, 0.6) is 5.75 Å². The highest BCUT2D eigenvalue weighted by molar-refractivity contribution is 6.00. The molecule has 4 rings (SSSR count). The Balaban J connectivity index is 1.29. The first-order chi connectivity index (χ1) is 15.5. The van der Waals surface area contributed by atoms with E-state index in [0.717, 1.165) is 31.8 Å². The van der Waals surface area contributed by atoms with E-state index in [1.165, 1.54) is 5.56 Å². The molecule has 2 heterocycles. The molecule has 1 fully saturated rings. The number of nitrogens with one attached hydrogen (secondary N) is 1. The third kappa shape index (κ3) is 5.47. The molecule has 0 bridgehead atoms. The van der Waals surface area contributed by atoms with Gasteiger partial charge in [0.15, 0.2) is 6.10 Å². The van der Waals surface area contributed by atoms with Crippen LogP contribution in [0, 0.1) is 0 Å². The Morgan fingerprint density at radius 1 is 1.12 bits per heavy atom. The van der Waals surface area contributed by atoms with Crippen molar-refractivity contribution in [2.45, 2.75) is 45.6 Å². The van der Waals surface area contributed by atoms with Gasteiger partial charge in [0, 0.05) is 39.1 Å². The van der Waals surface area contributed by atoms with Crippen LogP contribution in [-0.2, 0) is 27.4 Å². The summed E-state index contributed by atoms with van der Waals surface area (Å²) in [7, 11) is 0. The predicted molar refractivity (Wildman–Crippen MR) is 122 cm³/mol. The van der Waals surface area contributed by atoms with E-state index in [2.05, 4.69) is 29.3 Å². The average Bonchev–Trinajstić information content (AvgIpc) is 2.78. The third-order valence-corrected chi connectivity index (χ3v) is 5.85. The number of hydrogen-bond donors (Lipinski definition) is 1. The summed E-state index contributed by atoms with van der Waals surface area (Å²) >= 11 is 0. The molecule has 0 spiro atoms. The van der Waals surface area contributed by atoms with E-state index >= 15 is 0 Å². The Bertz CT molecular complexity index is 964. The van der Waals surface area contributed by atoms with Crippen molar-refractivity contribution < 1.29 is 19.1 Å². The minimum absolute atomic E-state index is 0.0816. The SMILES string of the molecule is C[C@@H]1CN(Cc2cccc(CNC(=O)CCN3C(=O)[C@H](C)Oc4ccccc43)c2)CCO1. The molecule has 0 radical (unpaired) electrons. The molecular weight excluding hydrogens is 406 g/mol. The molecule has 2 aliphatic rings. The Hall–Kier alpha value is -2.90. The number of para-hydroxylation sites is 2. The topological polar surface area (TPSA) is 71.1 Å². The Morgan fingerprint density at radius 2 is 1.94 bits per heavy atom. The molecule has 1 N–H and O–H groups in total. The number of rotatable bonds is 7. The zero-order valence-electron chi connectivity index (χ0n) is 18.8. The number of fused-ring (bicyclic) bond motifs is 1. The van der Waals surface area contributed by atoms with Crippen molar-refractivity contribution in [3.8, 4) is 5.75 Å². The standard InChI is InChI=1S/C25H31N3O4/c1-18-16-27(12-13-31-18)17-21-7-5-6-20(14-21)15-26-24(29)10-11-28-22-8-3-4-9-23(22)32-19(2)25(28)30/h3-9,14,18-19H,10-13,15-17H2,1-2H3,(H,26,29)/t18-,19+/m1/s1. The second kappa shape index (κ2) is 10.1. The van der Waals surface area contributed by atoms with Gasteiger partial charge in [-0.1, -0.05) is 36.4 Å². The number of hydrogen-bond acceptors (Lipinski definition) is 5. The van der Waals surface area contributed by atoms with Crippen molar-refractivity contribution in [3.63, 3.8) is 0 Å². The van der Waals surface area contributed by atoms with Crippen LogP contribution in [0.3, 0.4) is 0 Å². The number of amides is 2. The third-order valence-electron chi connectivity index (χ3n) is 5.85. The summed E-state index contributed by atoms with van der Waals surface area (Å²) in [5, 5.41) is 2.98. The van der Waals surface area contributed by atoms with Gasteiger partial charge in [0.05, 0.1) is 18.4 Å². The number of benzene rings is 2. The molecule has 170 valence electrons. The molecule has 0 aromatic heterocycles. The number of nitrogens with zero attached hydrogens (tertiary/aromatic N) is 2. The van der Waals surface area contributed by atoms with Crippen LogP contribution in [0.15, 0.2) is 48.5 Å². The lowest BCUT2D eigenvalue weighted by Gasteiger charge is -2.32. The van der Waals surface area contributed by atoms with Gasteiger partial charge < -0.3 is 19.7 Å². The van der Waals surface area contributed by atoms with E-state index in [1.54, 1.807) is 11.8 Å². The first-order valence-corrected chi connectivity index (χ1v) is 11.2. The number of ether oxygens (including phenoxy) is 2. The quantitative estimate of drug-likeness (QED) is 0.721. The summed E-state index contributed by atoms with van der Waals surface area (Å²) in [5.74, 6) is 0.468. The van der Waals surface area contributed by atoms with Crippen molar-refractivity contribution >= 4 is 17.5 Å². The normalized spacial score (nSPS) is 21.1. The lowest BCUT2D eigenvalue weighted by molar-refractivity contribution is -0.125. The maximum atomic E-state index is 12.6. The summed E-state index contributed by atoms with van der Waals surface area (Å²) in [6.07, 6.45) is -0.0531.